The fourth-order valence-electron chi connectivity index (χ4n) is 1.79. The fraction of sp³-hybridized carbons (Fsp3) is 0.286. The molecule has 2 heterocycles. The first-order chi connectivity index (χ1) is 7.98. The summed E-state index contributed by atoms with van der Waals surface area (Å²) >= 11 is 3.48. The van der Waals surface area contributed by atoms with Gasteiger partial charge in [-0.1, -0.05) is 20.8 Å². The van der Waals surface area contributed by atoms with E-state index in [1.165, 1.54) is 0 Å². The Morgan fingerprint density at radius 3 is 2.35 bits per heavy atom. The van der Waals surface area contributed by atoms with Crippen molar-refractivity contribution in [1.82, 2.24) is 9.97 Å². The lowest BCUT2D eigenvalue weighted by molar-refractivity contribution is 0.570. The summed E-state index contributed by atoms with van der Waals surface area (Å²) in [5, 5.41) is 0. The van der Waals surface area contributed by atoms with Crippen molar-refractivity contribution in [3.63, 3.8) is 0 Å². The second kappa shape index (κ2) is 4.57. The van der Waals surface area contributed by atoms with Gasteiger partial charge in [0, 0.05) is 34.0 Å². The molecule has 0 saturated carbocycles. The molecule has 2 rings (SSSR count). The van der Waals surface area contributed by atoms with E-state index in [4.69, 9.17) is 0 Å². The molecule has 0 bridgehead atoms. The molecule has 0 spiro atoms. The Hall–Kier alpha value is -1.22. The van der Waals surface area contributed by atoms with Crippen molar-refractivity contribution in [3.05, 3.63) is 47.0 Å². The average molecular weight is 291 g/mol. The lowest BCUT2D eigenvalue weighted by atomic mass is 9.86. The number of nitrogens with zero attached hydrogens (tertiary/aromatic N) is 2. The van der Waals surface area contributed by atoms with Crippen LogP contribution in [-0.4, -0.2) is 9.97 Å². The van der Waals surface area contributed by atoms with Gasteiger partial charge in [0.05, 0.1) is 5.69 Å². The van der Waals surface area contributed by atoms with Gasteiger partial charge in [-0.05, 0) is 39.7 Å². The summed E-state index contributed by atoms with van der Waals surface area (Å²) in [7, 11) is 0. The predicted octanol–water partition coefficient (Wildman–Crippen LogP) is 4.20. The molecule has 0 aliphatic heterocycles. The first-order valence-corrected chi connectivity index (χ1v) is 6.34. The van der Waals surface area contributed by atoms with Gasteiger partial charge in [0.1, 0.15) is 0 Å². The normalized spacial score (nSPS) is 11.5. The predicted molar refractivity (Wildman–Crippen MR) is 73.9 cm³/mol. The van der Waals surface area contributed by atoms with Crippen LogP contribution in [0.1, 0.15) is 26.5 Å². The maximum absolute atomic E-state index is 4.56. The van der Waals surface area contributed by atoms with Crippen LogP contribution in [0, 0.1) is 0 Å². The topological polar surface area (TPSA) is 25.8 Å². The molecule has 0 aliphatic carbocycles. The number of hydrogen-bond donors (Lipinski definition) is 0. The Kier molecular flexibility index (Phi) is 3.29. The molecule has 2 aromatic rings. The zero-order valence-corrected chi connectivity index (χ0v) is 11.8. The summed E-state index contributed by atoms with van der Waals surface area (Å²) in [6.07, 6.45) is 5.47. The third-order valence-corrected chi connectivity index (χ3v) is 2.99. The van der Waals surface area contributed by atoms with E-state index in [1.807, 2.05) is 30.7 Å². The van der Waals surface area contributed by atoms with Crippen LogP contribution in [0.2, 0.25) is 0 Å². The zero-order valence-electron chi connectivity index (χ0n) is 10.2. The second-order valence-electron chi connectivity index (χ2n) is 5.04. The second-order valence-corrected chi connectivity index (χ2v) is 5.95. The molecule has 0 atom stereocenters. The minimum absolute atomic E-state index is 0.0271. The SMILES string of the molecule is CC(C)(C)c1ncc(Br)cc1-c1ccncc1. The molecule has 3 heteroatoms. The molecule has 0 fully saturated rings. The van der Waals surface area contributed by atoms with Crippen LogP contribution >= 0.6 is 15.9 Å². The third-order valence-electron chi connectivity index (χ3n) is 2.56. The van der Waals surface area contributed by atoms with Gasteiger partial charge in [-0.2, -0.15) is 0 Å². The summed E-state index contributed by atoms with van der Waals surface area (Å²) in [6, 6.07) is 6.14. The minimum atomic E-state index is 0.0271. The van der Waals surface area contributed by atoms with E-state index in [9.17, 15) is 0 Å². The number of rotatable bonds is 1. The van der Waals surface area contributed by atoms with Crippen molar-refractivity contribution in [1.29, 1.82) is 0 Å². The number of aromatic nitrogens is 2. The molecule has 0 amide bonds. The summed E-state index contributed by atoms with van der Waals surface area (Å²) in [6.45, 7) is 6.52. The van der Waals surface area contributed by atoms with E-state index in [0.717, 1.165) is 21.3 Å². The van der Waals surface area contributed by atoms with E-state index in [2.05, 4.69) is 52.7 Å². The highest BCUT2D eigenvalue weighted by atomic mass is 79.9. The Morgan fingerprint density at radius 1 is 1.12 bits per heavy atom. The Labute approximate surface area is 110 Å². The molecule has 2 aromatic heterocycles. The van der Waals surface area contributed by atoms with Crippen molar-refractivity contribution in [2.45, 2.75) is 26.2 Å². The van der Waals surface area contributed by atoms with Crippen LogP contribution < -0.4 is 0 Å². The Balaban J connectivity index is 2.64. The number of halogens is 1. The number of hydrogen-bond acceptors (Lipinski definition) is 2. The quantitative estimate of drug-likeness (QED) is 0.786. The van der Waals surface area contributed by atoms with Crippen LogP contribution in [0.25, 0.3) is 11.1 Å². The van der Waals surface area contributed by atoms with E-state index in [-0.39, 0.29) is 5.41 Å². The van der Waals surface area contributed by atoms with Gasteiger partial charge in [0.2, 0.25) is 0 Å². The van der Waals surface area contributed by atoms with Gasteiger partial charge < -0.3 is 0 Å². The van der Waals surface area contributed by atoms with E-state index >= 15 is 0 Å². The van der Waals surface area contributed by atoms with Crippen LogP contribution in [0.15, 0.2) is 41.3 Å². The van der Waals surface area contributed by atoms with Crippen LogP contribution in [0.4, 0.5) is 0 Å². The Bertz CT molecular complexity index is 515. The van der Waals surface area contributed by atoms with Gasteiger partial charge >= 0.3 is 0 Å². The average Bonchev–Trinajstić information content (AvgIpc) is 2.28. The highest BCUT2D eigenvalue weighted by molar-refractivity contribution is 9.10. The summed E-state index contributed by atoms with van der Waals surface area (Å²) in [5.41, 5.74) is 3.44. The lowest BCUT2D eigenvalue weighted by Crippen LogP contribution is -2.15. The molecule has 0 N–H and O–H groups in total. The monoisotopic (exact) mass is 290 g/mol. The van der Waals surface area contributed by atoms with Gasteiger partial charge in [-0.15, -0.1) is 0 Å². The highest BCUT2D eigenvalue weighted by Crippen LogP contribution is 2.32. The molecule has 0 aliphatic rings. The zero-order chi connectivity index (χ0) is 12.5. The molecular weight excluding hydrogens is 276 g/mol. The molecule has 88 valence electrons. The van der Waals surface area contributed by atoms with Gasteiger partial charge in [0.25, 0.3) is 0 Å². The summed E-state index contributed by atoms with van der Waals surface area (Å²) < 4.78 is 0.998. The maximum Gasteiger partial charge on any atom is 0.0536 e. The molecule has 0 unspecified atom stereocenters. The van der Waals surface area contributed by atoms with Gasteiger partial charge in [-0.3, -0.25) is 9.97 Å². The van der Waals surface area contributed by atoms with E-state index in [0.29, 0.717) is 0 Å². The standard InChI is InChI=1S/C14H15BrN2/c1-14(2,3)13-12(8-11(15)9-17-13)10-4-6-16-7-5-10/h4-9H,1-3H3. The Morgan fingerprint density at radius 2 is 1.76 bits per heavy atom. The lowest BCUT2D eigenvalue weighted by Gasteiger charge is -2.21. The fourth-order valence-corrected chi connectivity index (χ4v) is 2.12. The van der Waals surface area contributed by atoms with Gasteiger partial charge in [-0.25, -0.2) is 0 Å². The van der Waals surface area contributed by atoms with Crippen molar-refractivity contribution in [2.75, 3.05) is 0 Å². The first kappa shape index (κ1) is 12.2. The maximum atomic E-state index is 4.56. The van der Waals surface area contributed by atoms with Crippen molar-refractivity contribution < 1.29 is 0 Å². The smallest absolute Gasteiger partial charge is 0.0536 e. The molecule has 0 aromatic carbocycles. The number of pyridine rings is 2. The molecule has 17 heavy (non-hydrogen) atoms. The van der Waals surface area contributed by atoms with Crippen LogP contribution in [-0.2, 0) is 5.41 Å². The minimum Gasteiger partial charge on any atom is -0.265 e. The third kappa shape index (κ3) is 2.72. The summed E-state index contributed by atoms with van der Waals surface area (Å²) in [4.78, 5) is 8.61. The molecule has 0 radical (unpaired) electrons. The summed E-state index contributed by atoms with van der Waals surface area (Å²) in [5.74, 6) is 0. The molecular formula is C14H15BrN2. The first-order valence-electron chi connectivity index (χ1n) is 5.55. The van der Waals surface area contributed by atoms with E-state index in [1.54, 1.807) is 0 Å². The molecule has 2 nitrogen and oxygen atoms in total. The van der Waals surface area contributed by atoms with Crippen molar-refractivity contribution in [3.8, 4) is 11.1 Å². The van der Waals surface area contributed by atoms with Crippen molar-refractivity contribution in [2.24, 2.45) is 0 Å². The highest BCUT2D eigenvalue weighted by Gasteiger charge is 2.20. The van der Waals surface area contributed by atoms with Crippen LogP contribution in [0.3, 0.4) is 0 Å². The van der Waals surface area contributed by atoms with E-state index < -0.39 is 0 Å². The van der Waals surface area contributed by atoms with Crippen molar-refractivity contribution >= 4 is 15.9 Å². The van der Waals surface area contributed by atoms with Gasteiger partial charge in [0.15, 0.2) is 0 Å². The van der Waals surface area contributed by atoms with Crippen LogP contribution in [0.5, 0.6) is 0 Å². The largest absolute Gasteiger partial charge is 0.265 e. The molecule has 0 saturated heterocycles.